The van der Waals surface area contributed by atoms with Gasteiger partial charge in [0.05, 0.1) is 19.8 Å². The summed E-state index contributed by atoms with van der Waals surface area (Å²) < 4.78 is 11.1. The summed E-state index contributed by atoms with van der Waals surface area (Å²) >= 11 is 0. The van der Waals surface area contributed by atoms with Gasteiger partial charge in [0.25, 0.3) is 0 Å². The molecule has 1 heterocycles. The smallest absolute Gasteiger partial charge is 0.161 e. The van der Waals surface area contributed by atoms with Crippen molar-refractivity contribution in [3.63, 3.8) is 0 Å². The number of hydrogen-bond donors (Lipinski definition) is 1. The average Bonchev–Trinajstić information content (AvgIpc) is 2.53. The molecule has 0 amide bonds. The highest BCUT2D eigenvalue weighted by Gasteiger charge is 2.10. The Hall–Kier alpha value is -1.55. The zero-order valence-corrected chi connectivity index (χ0v) is 9.99. The Morgan fingerprint density at radius 1 is 1.29 bits per heavy atom. The molecule has 2 rings (SSSR count). The molecular formula is C13H17NO3. The number of hydrogen-bond acceptors (Lipinski definition) is 4. The van der Waals surface area contributed by atoms with Gasteiger partial charge in [0, 0.05) is 13.0 Å². The van der Waals surface area contributed by atoms with Gasteiger partial charge in [-0.2, -0.15) is 0 Å². The molecule has 92 valence electrons. The maximum absolute atomic E-state index is 10.8. The minimum Gasteiger partial charge on any atom is -0.490 e. The second-order valence-corrected chi connectivity index (χ2v) is 4.14. The van der Waals surface area contributed by atoms with Gasteiger partial charge in [0.2, 0.25) is 0 Å². The average molecular weight is 235 g/mol. The van der Waals surface area contributed by atoms with Crippen LogP contribution in [0.3, 0.4) is 0 Å². The van der Waals surface area contributed by atoms with Crippen molar-refractivity contribution < 1.29 is 14.3 Å². The molecule has 0 aromatic heterocycles. The molecule has 1 aliphatic heterocycles. The van der Waals surface area contributed by atoms with Crippen LogP contribution in [0.25, 0.3) is 0 Å². The lowest BCUT2D eigenvalue weighted by Gasteiger charge is -2.09. The van der Waals surface area contributed by atoms with Crippen molar-refractivity contribution in [2.75, 3.05) is 19.8 Å². The SMILES string of the molecule is CC(=O)CNCc1ccc2c(c1)OCCCO2. The van der Waals surface area contributed by atoms with E-state index >= 15 is 0 Å². The van der Waals surface area contributed by atoms with Gasteiger partial charge in [-0.1, -0.05) is 6.07 Å². The number of carbonyl (C=O) groups excluding carboxylic acids is 1. The summed E-state index contributed by atoms with van der Waals surface area (Å²) in [7, 11) is 0. The van der Waals surface area contributed by atoms with Crippen LogP contribution in [0.1, 0.15) is 18.9 Å². The van der Waals surface area contributed by atoms with Crippen LogP contribution in [-0.4, -0.2) is 25.5 Å². The number of ether oxygens (including phenoxy) is 2. The van der Waals surface area contributed by atoms with E-state index in [1.54, 1.807) is 6.92 Å². The van der Waals surface area contributed by atoms with Crippen molar-refractivity contribution in [2.24, 2.45) is 0 Å². The van der Waals surface area contributed by atoms with Crippen LogP contribution in [0.15, 0.2) is 18.2 Å². The summed E-state index contributed by atoms with van der Waals surface area (Å²) in [5.74, 6) is 1.74. The van der Waals surface area contributed by atoms with E-state index in [-0.39, 0.29) is 5.78 Å². The summed E-state index contributed by atoms with van der Waals surface area (Å²) in [6, 6.07) is 5.87. The predicted molar refractivity (Wildman–Crippen MR) is 64.4 cm³/mol. The second kappa shape index (κ2) is 5.68. The largest absolute Gasteiger partial charge is 0.490 e. The second-order valence-electron chi connectivity index (χ2n) is 4.14. The molecule has 1 aromatic carbocycles. The van der Waals surface area contributed by atoms with Gasteiger partial charge in [-0.05, 0) is 24.6 Å². The number of ketones is 1. The van der Waals surface area contributed by atoms with E-state index in [1.165, 1.54) is 0 Å². The topological polar surface area (TPSA) is 47.6 Å². The molecule has 1 aromatic rings. The summed E-state index contributed by atoms with van der Waals surface area (Å²) in [5, 5.41) is 3.08. The first-order chi connectivity index (χ1) is 8.25. The molecule has 0 spiro atoms. The first-order valence-corrected chi connectivity index (χ1v) is 5.84. The highest BCUT2D eigenvalue weighted by Crippen LogP contribution is 2.30. The Bertz CT molecular complexity index is 404. The van der Waals surface area contributed by atoms with Gasteiger partial charge in [0.15, 0.2) is 11.5 Å². The standard InChI is InChI=1S/C13H17NO3/c1-10(15)8-14-9-11-3-4-12-13(7-11)17-6-2-5-16-12/h3-4,7,14H,2,5-6,8-9H2,1H3. The van der Waals surface area contributed by atoms with Gasteiger partial charge in [-0.15, -0.1) is 0 Å². The number of nitrogens with one attached hydrogen (secondary N) is 1. The van der Waals surface area contributed by atoms with Crippen LogP contribution in [0.5, 0.6) is 11.5 Å². The van der Waals surface area contributed by atoms with Gasteiger partial charge in [0.1, 0.15) is 5.78 Å². The highest BCUT2D eigenvalue weighted by molar-refractivity contribution is 5.77. The summed E-state index contributed by atoms with van der Waals surface area (Å²) in [6.07, 6.45) is 0.909. The molecule has 4 heteroatoms. The van der Waals surface area contributed by atoms with E-state index < -0.39 is 0 Å². The molecule has 0 radical (unpaired) electrons. The molecular weight excluding hydrogens is 218 g/mol. The molecule has 0 saturated heterocycles. The lowest BCUT2D eigenvalue weighted by atomic mass is 10.2. The number of fused-ring (bicyclic) bond motifs is 1. The fourth-order valence-corrected chi connectivity index (χ4v) is 1.70. The molecule has 17 heavy (non-hydrogen) atoms. The Kier molecular flexibility index (Phi) is 3.98. The van der Waals surface area contributed by atoms with Gasteiger partial charge < -0.3 is 14.8 Å². The Morgan fingerprint density at radius 3 is 2.82 bits per heavy atom. The highest BCUT2D eigenvalue weighted by atomic mass is 16.5. The van der Waals surface area contributed by atoms with Gasteiger partial charge >= 0.3 is 0 Å². The third-order valence-corrected chi connectivity index (χ3v) is 2.51. The van der Waals surface area contributed by atoms with Crippen LogP contribution in [0.4, 0.5) is 0 Å². The summed E-state index contributed by atoms with van der Waals surface area (Å²) in [4.78, 5) is 10.8. The van der Waals surface area contributed by atoms with Crippen molar-refractivity contribution >= 4 is 5.78 Å². The zero-order chi connectivity index (χ0) is 12.1. The minimum absolute atomic E-state index is 0.138. The van der Waals surface area contributed by atoms with E-state index in [4.69, 9.17) is 9.47 Å². The zero-order valence-electron chi connectivity index (χ0n) is 9.99. The van der Waals surface area contributed by atoms with Gasteiger partial charge in [-0.3, -0.25) is 4.79 Å². The first-order valence-electron chi connectivity index (χ1n) is 5.84. The van der Waals surface area contributed by atoms with E-state index in [0.29, 0.717) is 26.3 Å². The lowest BCUT2D eigenvalue weighted by Crippen LogP contribution is -2.20. The normalized spacial score (nSPS) is 14.2. The van der Waals surface area contributed by atoms with Crippen molar-refractivity contribution in [1.29, 1.82) is 0 Å². The van der Waals surface area contributed by atoms with Crippen LogP contribution in [0.2, 0.25) is 0 Å². The third-order valence-electron chi connectivity index (χ3n) is 2.51. The van der Waals surface area contributed by atoms with Crippen LogP contribution >= 0.6 is 0 Å². The van der Waals surface area contributed by atoms with E-state index in [9.17, 15) is 4.79 Å². The molecule has 0 aliphatic carbocycles. The Morgan fingerprint density at radius 2 is 2.06 bits per heavy atom. The fourth-order valence-electron chi connectivity index (χ4n) is 1.70. The van der Waals surface area contributed by atoms with E-state index in [2.05, 4.69) is 5.32 Å². The summed E-state index contributed by atoms with van der Waals surface area (Å²) in [6.45, 7) is 4.03. The first kappa shape index (κ1) is 11.9. The minimum atomic E-state index is 0.138. The molecule has 0 fully saturated rings. The quantitative estimate of drug-likeness (QED) is 0.859. The van der Waals surface area contributed by atoms with Crippen LogP contribution in [0, 0.1) is 0 Å². The monoisotopic (exact) mass is 235 g/mol. The molecule has 0 saturated carbocycles. The van der Waals surface area contributed by atoms with E-state index in [0.717, 1.165) is 23.5 Å². The maximum Gasteiger partial charge on any atom is 0.161 e. The third kappa shape index (κ3) is 3.46. The molecule has 4 nitrogen and oxygen atoms in total. The van der Waals surface area contributed by atoms with E-state index in [1.807, 2.05) is 18.2 Å². The predicted octanol–water partition coefficient (Wildman–Crippen LogP) is 1.53. The Labute approximate surface area is 101 Å². The number of benzene rings is 1. The van der Waals surface area contributed by atoms with Crippen molar-refractivity contribution in [2.45, 2.75) is 19.9 Å². The molecule has 0 bridgehead atoms. The molecule has 1 aliphatic rings. The lowest BCUT2D eigenvalue weighted by molar-refractivity contribution is -0.116. The van der Waals surface area contributed by atoms with Crippen LogP contribution < -0.4 is 14.8 Å². The molecule has 1 N–H and O–H groups in total. The fraction of sp³-hybridized carbons (Fsp3) is 0.462. The molecule has 0 atom stereocenters. The Balaban J connectivity index is 1.99. The summed E-state index contributed by atoms with van der Waals surface area (Å²) in [5.41, 5.74) is 1.09. The van der Waals surface area contributed by atoms with Gasteiger partial charge in [-0.25, -0.2) is 0 Å². The molecule has 0 unspecified atom stereocenters. The maximum atomic E-state index is 10.8. The van der Waals surface area contributed by atoms with Crippen LogP contribution in [-0.2, 0) is 11.3 Å². The van der Waals surface area contributed by atoms with Crippen molar-refractivity contribution in [3.8, 4) is 11.5 Å². The number of rotatable bonds is 4. The number of Topliss-reactive ketones (excluding diaryl/α,β-unsaturated/α-hetero) is 1. The van der Waals surface area contributed by atoms with Crippen molar-refractivity contribution in [1.82, 2.24) is 5.32 Å². The number of carbonyl (C=O) groups is 1. The van der Waals surface area contributed by atoms with Crippen molar-refractivity contribution in [3.05, 3.63) is 23.8 Å².